The molecule has 1 saturated heterocycles. The number of hydrogen-bond donors (Lipinski definition) is 2. The molecular formula is C21H21ClF3N3O3. The number of rotatable bonds is 5. The molecule has 2 aromatic rings. The maximum absolute atomic E-state index is 12.8. The Morgan fingerprint density at radius 1 is 1.26 bits per heavy atom. The predicted octanol–water partition coefficient (Wildman–Crippen LogP) is 4.74. The molecule has 1 fully saturated rings. The van der Waals surface area contributed by atoms with E-state index in [0.717, 1.165) is 37.1 Å². The largest absolute Gasteiger partial charge is 0.495 e. The van der Waals surface area contributed by atoms with Crippen molar-refractivity contribution >= 4 is 29.2 Å². The van der Waals surface area contributed by atoms with Crippen LogP contribution in [0.5, 0.6) is 5.75 Å². The van der Waals surface area contributed by atoms with Gasteiger partial charge in [0.2, 0.25) is 5.96 Å². The van der Waals surface area contributed by atoms with E-state index < -0.39 is 17.6 Å². The molecule has 1 atom stereocenters. The number of aliphatic imine (C=N–C) groups is 1. The molecule has 166 valence electrons. The lowest BCUT2D eigenvalue weighted by atomic mass is 10.1. The van der Waals surface area contributed by atoms with Gasteiger partial charge in [0.15, 0.2) is 0 Å². The summed E-state index contributed by atoms with van der Waals surface area (Å²) < 4.78 is 49.1. The molecule has 1 aliphatic heterocycles. The number of guanidine groups is 1. The molecule has 3 rings (SSSR count). The van der Waals surface area contributed by atoms with Crippen molar-refractivity contribution in [3.05, 3.63) is 58.6 Å². The average Bonchev–Trinajstić information content (AvgIpc) is 3.25. The molecule has 6 nitrogen and oxygen atoms in total. The highest BCUT2D eigenvalue weighted by molar-refractivity contribution is 6.31. The first-order chi connectivity index (χ1) is 14.8. The molecule has 2 aromatic carbocycles. The van der Waals surface area contributed by atoms with Crippen LogP contribution in [0.2, 0.25) is 5.02 Å². The molecule has 0 aliphatic carbocycles. The van der Waals surface area contributed by atoms with Crippen LogP contribution in [0.15, 0.2) is 47.5 Å². The molecule has 1 aliphatic rings. The quantitative estimate of drug-likeness (QED) is 0.504. The van der Waals surface area contributed by atoms with Gasteiger partial charge in [-0.1, -0.05) is 11.6 Å². The van der Waals surface area contributed by atoms with Gasteiger partial charge >= 0.3 is 6.18 Å². The highest BCUT2D eigenvalue weighted by Gasteiger charge is 2.30. The van der Waals surface area contributed by atoms with Crippen LogP contribution in [0.1, 0.15) is 28.8 Å². The number of alkyl halides is 3. The predicted molar refractivity (Wildman–Crippen MR) is 112 cm³/mol. The second kappa shape index (κ2) is 10.0. The molecule has 10 heteroatoms. The molecule has 1 heterocycles. The Kier molecular flexibility index (Phi) is 7.40. The van der Waals surface area contributed by atoms with E-state index in [1.165, 1.54) is 7.11 Å². The van der Waals surface area contributed by atoms with Gasteiger partial charge in [-0.15, -0.1) is 0 Å². The number of halogens is 4. The van der Waals surface area contributed by atoms with Crippen LogP contribution < -0.4 is 15.4 Å². The van der Waals surface area contributed by atoms with Crippen molar-refractivity contribution < 1.29 is 27.4 Å². The number of anilines is 1. The minimum Gasteiger partial charge on any atom is -0.495 e. The van der Waals surface area contributed by atoms with Crippen LogP contribution in [-0.4, -0.2) is 38.2 Å². The fourth-order valence-corrected chi connectivity index (χ4v) is 3.16. The van der Waals surface area contributed by atoms with Gasteiger partial charge in [0.05, 0.1) is 31.0 Å². The lowest BCUT2D eigenvalue weighted by molar-refractivity contribution is -0.137. The van der Waals surface area contributed by atoms with E-state index in [-0.39, 0.29) is 17.6 Å². The van der Waals surface area contributed by atoms with Crippen LogP contribution in [0.25, 0.3) is 0 Å². The van der Waals surface area contributed by atoms with Crippen molar-refractivity contribution in [3.8, 4) is 5.75 Å². The molecule has 1 unspecified atom stereocenters. The molecule has 2 N–H and O–H groups in total. The number of methoxy groups -OCH3 is 1. The third kappa shape index (κ3) is 6.35. The number of amides is 1. The van der Waals surface area contributed by atoms with Crippen LogP contribution in [-0.2, 0) is 10.9 Å². The number of carbonyl (C=O) groups is 1. The minimum absolute atomic E-state index is 0.0534. The van der Waals surface area contributed by atoms with Crippen molar-refractivity contribution in [1.29, 1.82) is 0 Å². The summed E-state index contributed by atoms with van der Waals surface area (Å²) in [6, 6.07) is 8.82. The Labute approximate surface area is 182 Å². The zero-order valence-electron chi connectivity index (χ0n) is 16.6. The molecule has 1 amide bonds. The van der Waals surface area contributed by atoms with Gasteiger partial charge in [0, 0.05) is 17.2 Å². The Morgan fingerprint density at radius 3 is 2.61 bits per heavy atom. The van der Waals surface area contributed by atoms with Gasteiger partial charge in [-0.05, 0) is 55.3 Å². The SMILES string of the molecule is COc1ccc(Cl)cc1NC(=NCC1CCCO1)NC(=O)c1ccc(C(F)(F)F)cc1. The highest BCUT2D eigenvalue weighted by Crippen LogP contribution is 2.29. The Bertz CT molecular complexity index is 943. The Hall–Kier alpha value is -2.78. The summed E-state index contributed by atoms with van der Waals surface area (Å²) in [5, 5.41) is 6.01. The standard InChI is InChI=1S/C21H21ClF3N3O3/c1-30-18-9-8-15(22)11-17(18)27-20(26-12-16-3-2-10-31-16)28-19(29)13-4-6-14(7-5-13)21(23,24)25/h4-9,11,16H,2-3,10,12H2,1H3,(H2,26,27,28,29). The Balaban J connectivity index is 1.80. The summed E-state index contributed by atoms with van der Waals surface area (Å²) >= 11 is 6.06. The van der Waals surface area contributed by atoms with E-state index in [1.807, 2.05) is 0 Å². The van der Waals surface area contributed by atoms with E-state index in [0.29, 0.717) is 29.6 Å². The van der Waals surface area contributed by atoms with Gasteiger partial charge in [-0.25, -0.2) is 4.99 Å². The summed E-state index contributed by atoms with van der Waals surface area (Å²) in [7, 11) is 1.48. The fourth-order valence-electron chi connectivity index (χ4n) is 2.99. The Morgan fingerprint density at radius 2 is 2.00 bits per heavy atom. The van der Waals surface area contributed by atoms with Gasteiger partial charge < -0.3 is 14.8 Å². The van der Waals surface area contributed by atoms with E-state index >= 15 is 0 Å². The number of benzene rings is 2. The molecule has 0 spiro atoms. The van der Waals surface area contributed by atoms with Crippen molar-refractivity contribution in [1.82, 2.24) is 5.32 Å². The normalized spacial score (nSPS) is 16.8. The topological polar surface area (TPSA) is 71.9 Å². The zero-order chi connectivity index (χ0) is 22.4. The smallest absolute Gasteiger partial charge is 0.416 e. The summed E-state index contributed by atoms with van der Waals surface area (Å²) in [5.41, 5.74) is -0.315. The molecule has 0 saturated carbocycles. The van der Waals surface area contributed by atoms with Crippen molar-refractivity contribution in [2.45, 2.75) is 25.1 Å². The molecule has 0 radical (unpaired) electrons. The molecule has 31 heavy (non-hydrogen) atoms. The number of hydrogen-bond acceptors (Lipinski definition) is 4. The zero-order valence-corrected chi connectivity index (χ0v) is 17.4. The van der Waals surface area contributed by atoms with Crippen LogP contribution in [0.4, 0.5) is 18.9 Å². The first-order valence-corrected chi connectivity index (χ1v) is 9.89. The summed E-state index contributed by atoms with van der Waals surface area (Å²) in [4.78, 5) is 17.0. The average molecular weight is 456 g/mol. The monoisotopic (exact) mass is 455 g/mol. The van der Waals surface area contributed by atoms with Gasteiger partial charge in [-0.2, -0.15) is 13.2 Å². The third-order valence-corrected chi connectivity index (χ3v) is 4.83. The first kappa shape index (κ1) is 22.9. The van der Waals surface area contributed by atoms with E-state index in [2.05, 4.69) is 15.6 Å². The number of carbonyl (C=O) groups excluding carboxylic acids is 1. The van der Waals surface area contributed by atoms with Crippen LogP contribution in [0, 0.1) is 0 Å². The summed E-state index contributed by atoms with van der Waals surface area (Å²) in [6.07, 6.45) is -2.76. The lowest BCUT2D eigenvalue weighted by Crippen LogP contribution is -2.37. The molecular weight excluding hydrogens is 435 g/mol. The maximum Gasteiger partial charge on any atom is 0.416 e. The fraction of sp³-hybridized carbons (Fsp3) is 0.333. The van der Waals surface area contributed by atoms with E-state index in [9.17, 15) is 18.0 Å². The number of ether oxygens (including phenoxy) is 2. The number of nitrogens with one attached hydrogen (secondary N) is 2. The van der Waals surface area contributed by atoms with E-state index in [4.69, 9.17) is 21.1 Å². The molecule has 0 aromatic heterocycles. The second-order valence-electron chi connectivity index (χ2n) is 6.82. The third-order valence-electron chi connectivity index (χ3n) is 4.60. The second-order valence-corrected chi connectivity index (χ2v) is 7.26. The van der Waals surface area contributed by atoms with E-state index in [1.54, 1.807) is 18.2 Å². The van der Waals surface area contributed by atoms with Crippen molar-refractivity contribution in [3.63, 3.8) is 0 Å². The van der Waals surface area contributed by atoms with Crippen LogP contribution in [0.3, 0.4) is 0 Å². The number of nitrogens with zero attached hydrogens (tertiary/aromatic N) is 1. The van der Waals surface area contributed by atoms with Crippen molar-refractivity contribution in [2.75, 3.05) is 25.6 Å². The van der Waals surface area contributed by atoms with Gasteiger partial charge in [0.1, 0.15) is 5.75 Å². The summed E-state index contributed by atoms with van der Waals surface area (Å²) in [6.45, 7) is 0.960. The first-order valence-electron chi connectivity index (χ1n) is 9.51. The van der Waals surface area contributed by atoms with Crippen LogP contribution >= 0.6 is 11.6 Å². The van der Waals surface area contributed by atoms with Gasteiger partial charge in [0.25, 0.3) is 5.91 Å². The van der Waals surface area contributed by atoms with Gasteiger partial charge in [-0.3, -0.25) is 10.1 Å². The highest BCUT2D eigenvalue weighted by atomic mass is 35.5. The molecule has 0 bridgehead atoms. The van der Waals surface area contributed by atoms with Crippen molar-refractivity contribution in [2.24, 2.45) is 4.99 Å². The minimum atomic E-state index is -4.48. The lowest BCUT2D eigenvalue weighted by Gasteiger charge is -2.16. The maximum atomic E-state index is 12.8. The summed E-state index contributed by atoms with van der Waals surface area (Å²) in [5.74, 6) is -0.0488.